The molecular formula is C37H44. The van der Waals surface area contributed by atoms with Crippen molar-refractivity contribution in [2.24, 2.45) is 0 Å². The highest BCUT2D eigenvalue weighted by atomic mass is 14.0. The zero-order valence-corrected chi connectivity index (χ0v) is 23.5. The smallest absolute Gasteiger partial charge is 0.0181 e. The van der Waals surface area contributed by atoms with Gasteiger partial charge in [0, 0.05) is 0 Å². The van der Waals surface area contributed by atoms with Crippen molar-refractivity contribution in [1.29, 1.82) is 0 Å². The van der Waals surface area contributed by atoms with Gasteiger partial charge in [0.2, 0.25) is 0 Å². The molecule has 0 nitrogen and oxygen atoms in total. The zero-order chi connectivity index (χ0) is 26.7. The molecule has 0 aromatic heterocycles. The second-order valence-corrected chi connectivity index (χ2v) is 9.05. The van der Waals surface area contributed by atoms with Crippen LogP contribution in [0.5, 0.6) is 0 Å². The van der Waals surface area contributed by atoms with E-state index in [1.165, 1.54) is 38.6 Å². The van der Waals surface area contributed by atoms with Gasteiger partial charge in [-0.25, -0.2) is 0 Å². The van der Waals surface area contributed by atoms with Crippen LogP contribution in [0.2, 0.25) is 0 Å². The van der Waals surface area contributed by atoms with Gasteiger partial charge in [-0.3, -0.25) is 0 Å². The molecule has 5 aromatic carbocycles. The second kappa shape index (κ2) is 17.7. The minimum Gasteiger partial charge on any atom is -0.0622 e. The summed E-state index contributed by atoms with van der Waals surface area (Å²) >= 11 is 0. The third kappa shape index (κ3) is 11.8. The summed E-state index contributed by atoms with van der Waals surface area (Å²) in [5, 5.41) is 2.67. The number of benzene rings is 5. The van der Waals surface area contributed by atoms with E-state index in [4.69, 9.17) is 0 Å². The largest absolute Gasteiger partial charge is 0.0622 e. The Morgan fingerprint density at radius 2 is 0.730 bits per heavy atom. The lowest BCUT2D eigenvalue weighted by molar-refractivity contribution is 1.14. The van der Waals surface area contributed by atoms with E-state index < -0.39 is 0 Å². The molecule has 37 heavy (non-hydrogen) atoms. The van der Waals surface area contributed by atoms with Crippen molar-refractivity contribution in [1.82, 2.24) is 0 Å². The Labute approximate surface area is 226 Å². The summed E-state index contributed by atoms with van der Waals surface area (Å²) in [7, 11) is 0. The standard InChI is InChI=1S/C12H12.C9H12.2C8H10/c1-2-10-7-8-11-5-3-4-6-12(11)9-10;1-3-9-6-4-8(2)5-7-9;2*1-2-8-6-4-3-5-7-8/h3-9H,2H2,1H3;4-7H,3H2,1-2H3;2*3-7H,2H2,1H3. The molecule has 0 radical (unpaired) electrons. The summed E-state index contributed by atoms with van der Waals surface area (Å²) in [6.07, 6.45) is 4.53. The van der Waals surface area contributed by atoms with Crippen LogP contribution in [0.1, 0.15) is 55.5 Å². The van der Waals surface area contributed by atoms with E-state index in [-0.39, 0.29) is 0 Å². The second-order valence-electron chi connectivity index (χ2n) is 9.05. The maximum absolute atomic E-state index is 2.26. The first-order valence-electron chi connectivity index (χ1n) is 13.7. The SMILES string of the molecule is CCc1ccc(C)cc1.CCc1ccc2ccccc2c1.CCc1ccccc1.CCc1ccccc1. The molecule has 0 heteroatoms. The molecule has 0 spiro atoms. The molecule has 0 atom stereocenters. The lowest BCUT2D eigenvalue weighted by Crippen LogP contribution is -1.79. The fourth-order valence-corrected chi connectivity index (χ4v) is 3.71. The molecular weight excluding hydrogens is 444 g/mol. The van der Waals surface area contributed by atoms with Crippen molar-refractivity contribution in [3.63, 3.8) is 0 Å². The van der Waals surface area contributed by atoms with Crippen LogP contribution in [-0.2, 0) is 25.7 Å². The topological polar surface area (TPSA) is 0 Å². The first-order valence-corrected chi connectivity index (χ1v) is 13.7. The summed E-state index contributed by atoms with van der Waals surface area (Å²) in [6.45, 7) is 10.8. The molecule has 0 heterocycles. The van der Waals surface area contributed by atoms with Gasteiger partial charge in [-0.15, -0.1) is 0 Å². The quantitative estimate of drug-likeness (QED) is 0.236. The van der Waals surface area contributed by atoms with Crippen LogP contribution >= 0.6 is 0 Å². The van der Waals surface area contributed by atoms with Crippen LogP contribution < -0.4 is 0 Å². The van der Waals surface area contributed by atoms with E-state index in [1.807, 2.05) is 12.1 Å². The Morgan fingerprint density at radius 3 is 1.16 bits per heavy atom. The summed E-state index contributed by atoms with van der Waals surface area (Å²) < 4.78 is 0. The number of hydrogen-bond acceptors (Lipinski definition) is 0. The third-order valence-corrected chi connectivity index (χ3v) is 6.25. The average Bonchev–Trinajstić information content (AvgIpc) is 2.99. The summed E-state index contributed by atoms with van der Waals surface area (Å²) in [5.41, 5.74) is 6.99. The Balaban J connectivity index is 0.000000176. The first kappa shape index (κ1) is 29.6. The van der Waals surface area contributed by atoms with E-state index in [0.717, 1.165) is 25.7 Å². The molecule has 0 saturated heterocycles. The highest BCUT2D eigenvalue weighted by molar-refractivity contribution is 5.82. The summed E-state index contributed by atoms with van der Waals surface area (Å²) in [4.78, 5) is 0. The van der Waals surface area contributed by atoms with Gasteiger partial charge in [-0.1, -0.05) is 161 Å². The Bertz CT molecular complexity index is 1200. The predicted octanol–water partition coefficient (Wildman–Crippen LogP) is 10.5. The van der Waals surface area contributed by atoms with E-state index >= 15 is 0 Å². The van der Waals surface area contributed by atoms with Crippen LogP contribution in [0.3, 0.4) is 0 Å². The normalized spacial score (nSPS) is 9.65. The van der Waals surface area contributed by atoms with Crippen molar-refractivity contribution in [2.75, 3.05) is 0 Å². The van der Waals surface area contributed by atoms with Gasteiger partial charge in [0.05, 0.1) is 0 Å². The van der Waals surface area contributed by atoms with Crippen LogP contribution in [0.15, 0.2) is 127 Å². The first-order chi connectivity index (χ1) is 18.1. The van der Waals surface area contributed by atoms with Gasteiger partial charge in [-0.05, 0) is 65.6 Å². The average molecular weight is 489 g/mol. The summed E-state index contributed by atoms with van der Waals surface area (Å²) in [6, 6.07) is 44.7. The molecule has 0 aliphatic heterocycles. The van der Waals surface area contributed by atoms with Crippen LogP contribution in [0, 0.1) is 6.92 Å². The number of hydrogen-bond donors (Lipinski definition) is 0. The maximum Gasteiger partial charge on any atom is -0.0181 e. The van der Waals surface area contributed by atoms with Crippen molar-refractivity contribution >= 4 is 10.8 Å². The summed E-state index contributed by atoms with van der Waals surface area (Å²) in [5.74, 6) is 0. The van der Waals surface area contributed by atoms with Gasteiger partial charge in [0.15, 0.2) is 0 Å². The predicted molar refractivity (Wildman–Crippen MR) is 166 cm³/mol. The highest BCUT2D eigenvalue weighted by Gasteiger charge is 1.92. The van der Waals surface area contributed by atoms with E-state index in [9.17, 15) is 0 Å². The molecule has 0 saturated carbocycles. The van der Waals surface area contributed by atoms with Crippen LogP contribution in [-0.4, -0.2) is 0 Å². The lowest BCUT2D eigenvalue weighted by atomic mass is 10.1. The highest BCUT2D eigenvalue weighted by Crippen LogP contribution is 2.15. The number of fused-ring (bicyclic) bond motifs is 1. The van der Waals surface area contributed by atoms with Gasteiger partial charge < -0.3 is 0 Å². The molecule has 0 bridgehead atoms. The minimum absolute atomic E-state index is 1.12. The van der Waals surface area contributed by atoms with Crippen LogP contribution in [0.4, 0.5) is 0 Å². The number of rotatable bonds is 4. The van der Waals surface area contributed by atoms with Crippen molar-refractivity contribution in [3.8, 4) is 0 Å². The Hall–Kier alpha value is -3.64. The monoisotopic (exact) mass is 488 g/mol. The van der Waals surface area contributed by atoms with E-state index in [0.29, 0.717) is 0 Å². The fraction of sp³-hybridized carbons (Fsp3) is 0.243. The van der Waals surface area contributed by atoms with Gasteiger partial charge in [-0.2, -0.15) is 0 Å². The molecule has 0 amide bonds. The molecule has 0 fully saturated rings. The Morgan fingerprint density at radius 1 is 0.351 bits per heavy atom. The zero-order valence-electron chi connectivity index (χ0n) is 23.5. The van der Waals surface area contributed by atoms with Crippen molar-refractivity contribution < 1.29 is 0 Å². The molecule has 0 unspecified atom stereocenters. The maximum atomic E-state index is 2.26. The molecule has 0 N–H and O–H groups in total. The van der Waals surface area contributed by atoms with Crippen molar-refractivity contribution in [2.45, 2.75) is 60.3 Å². The van der Waals surface area contributed by atoms with Crippen LogP contribution in [0.25, 0.3) is 10.8 Å². The van der Waals surface area contributed by atoms with E-state index in [2.05, 4.69) is 150 Å². The fourth-order valence-electron chi connectivity index (χ4n) is 3.71. The molecule has 0 aliphatic carbocycles. The number of aryl methyl sites for hydroxylation is 5. The van der Waals surface area contributed by atoms with E-state index in [1.54, 1.807) is 0 Å². The molecule has 0 aliphatic rings. The minimum atomic E-state index is 1.12. The van der Waals surface area contributed by atoms with Gasteiger partial charge >= 0.3 is 0 Å². The van der Waals surface area contributed by atoms with Gasteiger partial charge in [0.25, 0.3) is 0 Å². The molecule has 5 rings (SSSR count). The van der Waals surface area contributed by atoms with Gasteiger partial charge in [0.1, 0.15) is 0 Å². The Kier molecular flexibility index (Phi) is 14.2. The molecule has 5 aromatic rings. The lowest BCUT2D eigenvalue weighted by Gasteiger charge is -1.99. The third-order valence-electron chi connectivity index (χ3n) is 6.25. The van der Waals surface area contributed by atoms with Crippen molar-refractivity contribution in [3.05, 3.63) is 155 Å². The molecule has 192 valence electrons.